The van der Waals surface area contributed by atoms with Crippen molar-refractivity contribution in [3.8, 4) is 5.75 Å². The van der Waals surface area contributed by atoms with Crippen LogP contribution in [0.3, 0.4) is 0 Å². The molecule has 0 aliphatic heterocycles. The van der Waals surface area contributed by atoms with E-state index in [0.717, 1.165) is 30.2 Å². The molecule has 0 heterocycles. The highest BCUT2D eigenvalue weighted by molar-refractivity contribution is 7.89. The van der Waals surface area contributed by atoms with E-state index in [2.05, 4.69) is 10.0 Å². The molecule has 0 spiro atoms. The second kappa shape index (κ2) is 9.71. The van der Waals surface area contributed by atoms with Gasteiger partial charge in [-0.2, -0.15) is 0 Å². The molecular weight excluding hydrogens is 394 g/mol. The molecule has 0 saturated heterocycles. The van der Waals surface area contributed by atoms with Crippen LogP contribution in [0.25, 0.3) is 0 Å². The van der Waals surface area contributed by atoms with E-state index in [4.69, 9.17) is 4.74 Å². The Morgan fingerprint density at radius 1 is 1.10 bits per heavy atom. The van der Waals surface area contributed by atoms with Crippen LogP contribution in [0, 0.1) is 10.1 Å². The van der Waals surface area contributed by atoms with Gasteiger partial charge in [0.25, 0.3) is 5.69 Å². The second-order valence-corrected chi connectivity index (χ2v) is 8.92. The molecule has 0 saturated carbocycles. The Morgan fingerprint density at radius 2 is 1.76 bits per heavy atom. The van der Waals surface area contributed by atoms with Crippen molar-refractivity contribution in [1.82, 2.24) is 4.72 Å². The fraction of sp³-hybridized carbons (Fsp3) is 0.400. The Morgan fingerprint density at radius 3 is 2.31 bits per heavy atom. The zero-order valence-corrected chi connectivity index (χ0v) is 17.8. The van der Waals surface area contributed by atoms with Crippen molar-refractivity contribution in [2.75, 3.05) is 12.4 Å². The molecule has 0 amide bonds. The summed E-state index contributed by atoms with van der Waals surface area (Å²) in [6, 6.07) is 11.7. The number of benzene rings is 2. The van der Waals surface area contributed by atoms with Gasteiger partial charge in [-0.15, -0.1) is 0 Å². The van der Waals surface area contributed by atoms with Crippen molar-refractivity contribution in [1.29, 1.82) is 0 Å². The highest BCUT2D eigenvalue weighted by Crippen LogP contribution is 2.28. The van der Waals surface area contributed by atoms with E-state index in [-0.39, 0.29) is 22.7 Å². The molecule has 0 bridgehead atoms. The standard InChI is InChI=1S/C20H27N3O5S/c1-14(2)28-17-9-7-16(8-10-17)6-5-15(3)22-19-12-11-18(29(26,27)21-4)13-20(19)23(24)25/h7-15,21-22H,5-6H2,1-4H3. The first-order valence-corrected chi connectivity index (χ1v) is 10.8. The summed E-state index contributed by atoms with van der Waals surface area (Å²) in [6.45, 7) is 5.88. The number of nitro groups is 1. The van der Waals surface area contributed by atoms with E-state index in [0.29, 0.717) is 5.69 Å². The van der Waals surface area contributed by atoms with Crippen LogP contribution in [0.15, 0.2) is 47.4 Å². The number of anilines is 1. The molecule has 0 aliphatic rings. The molecule has 2 N–H and O–H groups in total. The van der Waals surface area contributed by atoms with Crippen LogP contribution in [0.1, 0.15) is 32.8 Å². The van der Waals surface area contributed by atoms with E-state index in [1.165, 1.54) is 19.2 Å². The van der Waals surface area contributed by atoms with Gasteiger partial charge in [-0.1, -0.05) is 12.1 Å². The monoisotopic (exact) mass is 421 g/mol. The third kappa shape index (κ3) is 6.43. The summed E-state index contributed by atoms with van der Waals surface area (Å²) in [6.07, 6.45) is 1.66. The van der Waals surface area contributed by atoms with Gasteiger partial charge in [0.15, 0.2) is 0 Å². The molecule has 158 valence electrons. The number of hydrogen-bond donors (Lipinski definition) is 2. The van der Waals surface area contributed by atoms with Crippen molar-refractivity contribution in [3.05, 3.63) is 58.1 Å². The number of hydrogen-bond acceptors (Lipinski definition) is 6. The van der Waals surface area contributed by atoms with Crippen LogP contribution in [-0.2, 0) is 16.4 Å². The SMILES string of the molecule is CNS(=O)(=O)c1ccc(NC(C)CCc2ccc(OC(C)C)cc2)c([N+](=O)[O-])c1. The first-order chi connectivity index (χ1) is 13.6. The summed E-state index contributed by atoms with van der Waals surface area (Å²) < 4.78 is 31.6. The van der Waals surface area contributed by atoms with Crippen molar-refractivity contribution >= 4 is 21.4 Å². The summed E-state index contributed by atoms with van der Waals surface area (Å²) in [7, 11) is -2.49. The topological polar surface area (TPSA) is 111 Å². The van der Waals surface area contributed by atoms with Gasteiger partial charge < -0.3 is 10.1 Å². The normalized spacial score (nSPS) is 12.6. The molecule has 2 rings (SSSR count). The number of aryl methyl sites for hydroxylation is 1. The average molecular weight is 422 g/mol. The van der Waals surface area contributed by atoms with Crippen molar-refractivity contribution < 1.29 is 18.1 Å². The minimum absolute atomic E-state index is 0.0490. The van der Waals surface area contributed by atoms with Gasteiger partial charge in [0.2, 0.25) is 10.0 Å². The van der Waals surface area contributed by atoms with Crippen molar-refractivity contribution in [2.45, 2.75) is 50.7 Å². The molecule has 0 aliphatic carbocycles. The van der Waals surface area contributed by atoms with Gasteiger partial charge in [-0.25, -0.2) is 13.1 Å². The molecule has 2 aromatic carbocycles. The smallest absolute Gasteiger partial charge is 0.293 e. The summed E-state index contributed by atoms with van der Waals surface area (Å²) >= 11 is 0. The third-order valence-corrected chi connectivity index (χ3v) is 5.72. The maximum absolute atomic E-state index is 11.9. The lowest BCUT2D eigenvalue weighted by atomic mass is 10.1. The number of rotatable bonds is 10. The predicted molar refractivity (Wildman–Crippen MR) is 113 cm³/mol. The lowest BCUT2D eigenvalue weighted by Crippen LogP contribution is -2.20. The number of nitrogens with zero attached hydrogens (tertiary/aromatic N) is 1. The van der Waals surface area contributed by atoms with Gasteiger partial charge in [0.1, 0.15) is 11.4 Å². The average Bonchev–Trinajstić information content (AvgIpc) is 2.67. The largest absolute Gasteiger partial charge is 0.491 e. The van der Waals surface area contributed by atoms with Crippen molar-refractivity contribution in [3.63, 3.8) is 0 Å². The summed E-state index contributed by atoms with van der Waals surface area (Å²) in [5.74, 6) is 0.821. The summed E-state index contributed by atoms with van der Waals surface area (Å²) in [4.78, 5) is 10.7. The van der Waals surface area contributed by atoms with Gasteiger partial charge in [-0.05, 0) is 70.5 Å². The molecule has 9 heteroatoms. The summed E-state index contributed by atoms with van der Waals surface area (Å²) in [5, 5.41) is 14.5. The molecule has 1 unspecified atom stereocenters. The quantitative estimate of drug-likeness (QED) is 0.447. The van der Waals surface area contributed by atoms with Crippen LogP contribution >= 0.6 is 0 Å². The van der Waals surface area contributed by atoms with E-state index in [1.54, 1.807) is 0 Å². The molecule has 0 aromatic heterocycles. The van der Waals surface area contributed by atoms with Crippen molar-refractivity contribution in [2.24, 2.45) is 0 Å². The van der Waals surface area contributed by atoms with Crippen LogP contribution in [0.5, 0.6) is 5.75 Å². The lowest BCUT2D eigenvalue weighted by Gasteiger charge is -2.16. The Bertz CT molecular complexity index is 943. The number of sulfonamides is 1. The third-order valence-electron chi connectivity index (χ3n) is 4.31. The molecule has 0 fully saturated rings. The second-order valence-electron chi connectivity index (χ2n) is 7.04. The number of nitrogens with one attached hydrogen (secondary N) is 2. The minimum atomic E-state index is -3.75. The minimum Gasteiger partial charge on any atom is -0.491 e. The van der Waals surface area contributed by atoms with Crippen LogP contribution < -0.4 is 14.8 Å². The summed E-state index contributed by atoms with van der Waals surface area (Å²) in [5.41, 5.74) is 1.15. The number of ether oxygens (including phenoxy) is 1. The van der Waals surface area contributed by atoms with Crippen LogP contribution in [0.2, 0.25) is 0 Å². The number of nitro benzene ring substituents is 1. The van der Waals surface area contributed by atoms with E-state index < -0.39 is 14.9 Å². The molecule has 2 aromatic rings. The molecular formula is C20H27N3O5S. The Labute approximate surface area is 171 Å². The fourth-order valence-corrected chi connectivity index (χ4v) is 3.55. The van der Waals surface area contributed by atoms with Gasteiger partial charge >= 0.3 is 0 Å². The van der Waals surface area contributed by atoms with Gasteiger partial charge in [0.05, 0.1) is 15.9 Å². The predicted octanol–water partition coefficient (Wildman–Crippen LogP) is 3.72. The van der Waals surface area contributed by atoms with E-state index in [9.17, 15) is 18.5 Å². The molecule has 8 nitrogen and oxygen atoms in total. The Balaban J connectivity index is 2.04. The van der Waals surface area contributed by atoms with E-state index in [1.807, 2.05) is 45.0 Å². The molecule has 1 atom stereocenters. The zero-order valence-electron chi connectivity index (χ0n) is 17.0. The zero-order chi connectivity index (χ0) is 21.6. The van der Waals surface area contributed by atoms with Gasteiger partial charge in [-0.3, -0.25) is 10.1 Å². The van der Waals surface area contributed by atoms with Crippen LogP contribution in [-0.4, -0.2) is 32.5 Å². The molecule has 0 radical (unpaired) electrons. The maximum atomic E-state index is 11.9. The maximum Gasteiger partial charge on any atom is 0.293 e. The van der Waals surface area contributed by atoms with E-state index >= 15 is 0 Å². The molecule has 29 heavy (non-hydrogen) atoms. The highest BCUT2D eigenvalue weighted by Gasteiger charge is 2.21. The first kappa shape index (κ1) is 22.6. The lowest BCUT2D eigenvalue weighted by molar-refractivity contribution is -0.384. The fourth-order valence-electron chi connectivity index (χ4n) is 2.80. The Hall–Kier alpha value is -2.65. The van der Waals surface area contributed by atoms with Gasteiger partial charge in [0, 0.05) is 12.1 Å². The first-order valence-electron chi connectivity index (χ1n) is 9.36. The van der Waals surface area contributed by atoms with Crippen LogP contribution in [0.4, 0.5) is 11.4 Å². The Kier molecular flexibility index (Phi) is 7.58. The highest BCUT2D eigenvalue weighted by atomic mass is 32.2.